The van der Waals surface area contributed by atoms with E-state index in [0.717, 1.165) is 34.6 Å². The number of aryl methyl sites for hydroxylation is 1. The van der Waals surface area contributed by atoms with E-state index in [1.54, 1.807) is 28.4 Å². The number of aromatic amines is 1. The molecule has 0 spiro atoms. The highest BCUT2D eigenvalue weighted by atomic mass is 16.5. The molecule has 0 unspecified atom stereocenters. The van der Waals surface area contributed by atoms with Gasteiger partial charge >= 0.3 is 0 Å². The Balaban J connectivity index is 2.16. The summed E-state index contributed by atoms with van der Waals surface area (Å²) in [6.07, 6.45) is 0.841. The first kappa shape index (κ1) is 18.6. The summed E-state index contributed by atoms with van der Waals surface area (Å²) in [5.74, 6) is 2.47. The minimum Gasteiger partial charge on any atom is -0.497 e. The van der Waals surface area contributed by atoms with E-state index in [2.05, 4.69) is 22.3 Å². The smallest absolute Gasteiger partial charge is 0.203 e. The monoisotopic (exact) mass is 369 g/mol. The lowest BCUT2D eigenvalue weighted by Crippen LogP contribution is -1.97. The highest BCUT2D eigenvalue weighted by Gasteiger charge is 2.20. The van der Waals surface area contributed by atoms with E-state index in [1.807, 2.05) is 30.3 Å². The van der Waals surface area contributed by atoms with E-state index < -0.39 is 0 Å². The summed E-state index contributed by atoms with van der Waals surface area (Å²) in [6, 6.07) is 9.65. The molecule has 1 N–H and O–H groups in total. The van der Waals surface area contributed by atoms with E-state index in [0.29, 0.717) is 22.9 Å². The molecule has 0 aliphatic heterocycles. The van der Waals surface area contributed by atoms with Crippen LogP contribution in [-0.2, 0) is 6.42 Å². The van der Waals surface area contributed by atoms with Gasteiger partial charge in [0.1, 0.15) is 17.1 Å². The normalized spacial score (nSPS) is 10.6. The third kappa shape index (κ3) is 3.40. The van der Waals surface area contributed by atoms with Gasteiger partial charge in [-0.1, -0.05) is 6.92 Å². The summed E-state index contributed by atoms with van der Waals surface area (Å²) >= 11 is 0. The molecule has 2 aromatic carbocycles. The van der Waals surface area contributed by atoms with Crippen molar-refractivity contribution in [1.82, 2.24) is 15.4 Å². The van der Waals surface area contributed by atoms with Crippen molar-refractivity contribution < 1.29 is 18.9 Å². The second-order valence-electron chi connectivity index (χ2n) is 5.81. The Morgan fingerprint density at radius 2 is 1.48 bits per heavy atom. The average molecular weight is 369 g/mol. The second-order valence-corrected chi connectivity index (χ2v) is 5.81. The molecule has 0 fully saturated rings. The zero-order valence-corrected chi connectivity index (χ0v) is 16.1. The van der Waals surface area contributed by atoms with Crippen molar-refractivity contribution in [2.24, 2.45) is 0 Å². The van der Waals surface area contributed by atoms with Crippen molar-refractivity contribution >= 4 is 0 Å². The number of ether oxygens (including phenoxy) is 4. The lowest BCUT2D eigenvalue weighted by Gasteiger charge is -2.14. The van der Waals surface area contributed by atoms with Crippen LogP contribution in [0.4, 0.5) is 0 Å². The van der Waals surface area contributed by atoms with Crippen LogP contribution >= 0.6 is 0 Å². The minimum atomic E-state index is 0.535. The van der Waals surface area contributed by atoms with Gasteiger partial charge in [-0.15, -0.1) is 0 Å². The summed E-state index contributed by atoms with van der Waals surface area (Å²) in [4.78, 5) is 0. The second kappa shape index (κ2) is 7.99. The third-order valence-electron chi connectivity index (χ3n) is 4.43. The summed E-state index contributed by atoms with van der Waals surface area (Å²) in [6.45, 7) is 2.09. The van der Waals surface area contributed by atoms with Gasteiger partial charge in [0.15, 0.2) is 11.5 Å². The number of methoxy groups -OCH3 is 4. The van der Waals surface area contributed by atoms with Crippen LogP contribution in [0.3, 0.4) is 0 Å². The van der Waals surface area contributed by atoms with Crippen LogP contribution in [0.1, 0.15) is 12.5 Å². The zero-order chi connectivity index (χ0) is 19.4. The van der Waals surface area contributed by atoms with Gasteiger partial charge in [-0.25, -0.2) is 0 Å². The molecule has 0 radical (unpaired) electrons. The molecular formula is C20H23N3O4. The number of H-pyrrole nitrogens is 1. The largest absolute Gasteiger partial charge is 0.497 e. The molecule has 0 saturated heterocycles. The summed E-state index contributed by atoms with van der Waals surface area (Å²) < 4.78 is 21.7. The van der Waals surface area contributed by atoms with Crippen molar-refractivity contribution in [3.63, 3.8) is 0 Å². The lowest BCUT2D eigenvalue weighted by atomic mass is 9.98. The Morgan fingerprint density at radius 3 is 2.04 bits per heavy atom. The fourth-order valence-corrected chi connectivity index (χ4v) is 3.06. The van der Waals surface area contributed by atoms with Crippen molar-refractivity contribution in [3.8, 4) is 45.5 Å². The minimum absolute atomic E-state index is 0.535. The fourth-order valence-electron chi connectivity index (χ4n) is 3.06. The summed E-state index contributed by atoms with van der Waals surface area (Å²) in [7, 11) is 6.41. The third-order valence-corrected chi connectivity index (χ3v) is 4.43. The number of nitrogens with one attached hydrogen (secondary N) is 1. The van der Waals surface area contributed by atoms with E-state index in [9.17, 15) is 0 Å². The van der Waals surface area contributed by atoms with E-state index in [4.69, 9.17) is 18.9 Å². The van der Waals surface area contributed by atoms with Crippen LogP contribution in [0.25, 0.3) is 22.5 Å². The standard InChI is InChI=1S/C20H23N3O4/c1-6-12-9-14(24-2)7-8-15(12)19-18(21-23-22-19)13-10-16(25-3)20(27-5)17(11-13)26-4/h7-11H,6H2,1-5H3,(H,21,22,23). The molecule has 7 heteroatoms. The van der Waals surface area contributed by atoms with Gasteiger partial charge in [0.2, 0.25) is 5.75 Å². The van der Waals surface area contributed by atoms with Crippen LogP contribution in [0.5, 0.6) is 23.0 Å². The van der Waals surface area contributed by atoms with Gasteiger partial charge < -0.3 is 18.9 Å². The molecule has 0 bridgehead atoms. The zero-order valence-electron chi connectivity index (χ0n) is 16.1. The molecule has 3 aromatic rings. The van der Waals surface area contributed by atoms with Crippen molar-refractivity contribution in [2.75, 3.05) is 28.4 Å². The Bertz CT molecular complexity index is 912. The van der Waals surface area contributed by atoms with Gasteiger partial charge in [-0.2, -0.15) is 15.4 Å². The number of benzene rings is 2. The lowest BCUT2D eigenvalue weighted by molar-refractivity contribution is 0.324. The molecule has 0 aliphatic carbocycles. The van der Waals surface area contributed by atoms with Crippen molar-refractivity contribution in [1.29, 1.82) is 0 Å². The van der Waals surface area contributed by atoms with Crippen molar-refractivity contribution in [2.45, 2.75) is 13.3 Å². The van der Waals surface area contributed by atoms with Gasteiger partial charge in [0.05, 0.1) is 28.4 Å². The quantitative estimate of drug-likeness (QED) is 0.684. The Morgan fingerprint density at radius 1 is 0.815 bits per heavy atom. The molecule has 0 aliphatic rings. The number of rotatable bonds is 7. The fraction of sp³-hybridized carbons (Fsp3) is 0.300. The maximum Gasteiger partial charge on any atom is 0.203 e. The highest BCUT2D eigenvalue weighted by molar-refractivity contribution is 5.81. The van der Waals surface area contributed by atoms with Gasteiger partial charge in [-0.05, 0) is 42.3 Å². The first-order valence-corrected chi connectivity index (χ1v) is 8.55. The van der Waals surface area contributed by atoms with Crippen LogP contribution < -0.4 is 18.9 Å². The molecule has 0 amide bonds. The topological polar surface area (TPSA) is 78.5 Å². The van der Waals surface area contributed by atoms with Crippen LogP contribution in [0.15, 0.2) is 30.3 Å². The average Bonchev–Trinajstić information content (AvgIpc) is 3.21. The molecule has 0 atom stereocenters. The Kier molecular flexibility index (Phi) is 5.49. The first-order chi connectivity index (χ1) is 13.2. The SMILES string of the molecule is CCc1cc(OC)ccc1-c1n[nH]nc1-c1cc(OC)c(OC)c(OC)c1. The Hall–Kier alpha value is -3.22. The highest BCUT2D eigenvalue weighted by Crippen LogP contribution is 2.42. The number of nitrogens with zero attached hydrogens (tertiary/aromatic N) is 2. The molecule has 0 saturated carbocycles. The molecular weight excluding hydrogens is 346 g/mol. The molecule has 3 rings (SSSR count). The van der Waals surface area contributed by atoms with Crippen molar-refractivity contribution in [3.05, 3.63) is 35.9 Å². The van der Waals surface area contributed by atoms with Crippen LogP contribution in [0, 0.1) is 0 Å². The Labute approximate surface area is 158 Å². The molecule has 1 heterocycles. The van der Waals surface area contributed by atoms with Crippen LogP contribution in [0.2, 0.25) is 0 Å². The van der Waals surface area contributed by atoms with Gasteiger partial charge in [0.25, 0.3) is 0 Å². The molecule has 27 heavy (non-hydrogen) atoms. The predicted octanol–water partition coefficient (Wildman–Crippen LogP) is 3.74. The van der Waals surface area contributed by atoms with Gasteiger partial charge in [0, 0.05) is 11.1 Å². The molecule has 142 valence electrons. The maximum absolute atomic E-state index is 5.46. The predicted molar refractivity (Wildman–Crippen MR) is 103 cm³/mol. The van der Waals surface area contributed by atoms with Crippen LogP contribution in [-0.4, -0.2) is 43.8 Å². The van der Waals surface area contributed by atoms with E-state index in [1.165, 1.54) is 0 Å². The molecule has 7 nitrogen and oxygen atoms in total. The number of hydrogen-bond acceptors (Lipinski definition) is 6. The summed E-state index contributed by atoms with van der Waals surface area (Å²) in [5, 5.41) is 11.5. The molecule has 1 aromatic heterocycles. The first-order valence-electron chi connectivity index (χ1n) is 8.55. The maximum atomic E-state index is 5.46. The number of hydrogen-bond donors (Lipinski definition) is 1. The van der Waals surface area contributed by atoms with E-state index >= 15 is 0 Å². The van der Waals surface area contributed by atoms with Gasteiger partial charge in [-0.3, -0.25) is 0 Å². The van der Waals surface area contributed by atoms with E-state index in [-0.39, 0.29) is 0 Å². The summed E-state index contributed by atoms with van der Waals surface area (Å²) in [5.41, 5.74) is 4.39. The number of aromatic nitrogens is 3.